The van der Waals surface area contributed by atoms with Crippen molar-refractivity contribution in [3.8, 4) is 0 Å². The number of anilines is 2. The van der Waals surface area contributed by atoms with Crippen LogP contribution in [0.15, 0.2) is 12.1 Å². The molecule has 110 valence electrons. The fourth-order valence-corrected chi connectivity index (χ4v) is 2.62. The van der Waals surface area contributed by atoms with E-state index in [-0.39, 0.29) is 12.3 Å². The van der Waals surface area contributed by atoms with Crippen LogP contribution in [0.5, 0.6) is 0 Å². The molecule has 2 rings (SSSR count). The lowest BCUT2D eigenvalue weighted by molar-refractivity contribution is 0.357. The van der Waals surface area contributed by atoms with Gasteiger partial charge in [0.15, 0.2) is 0 Å². The third kappa shape index (κ3) is 3.48. The van der Waals surface area contributed by atoms with Gasteiger partial charge < -0.3 is 20.7 Å². The number of nitrogens with zero attached hydrogens (tertiary/aromatic N) is 2. The number of rotatable bonds is 4. The molecule has 1 saturated heterocycles. The highest BCUT2D eigenvalue weighted by molar-refractivity contribution is 6.03. The number of aliphatic hydroxyl groups is 1. The third-order valence-electron chi connectivity index (χ3n) is 3.78. The summed E-state index contributed by atoms with van der Waals surface area (Å²) < 4.78 is 0. The molecule has 0 aromatic carbocycles. The van der Waals surface area contributed by atoms with Crippen LogP contribution in [0.2, 0.25) is 0 Å². The monoisotopic (exact) mass is 276 g/mol. The van der Waals surface area contributed by atoms with Crippen molar-refractivity contribution in [1.29, 1.82) is 5.41 Å². The van der Waals surface area contributed by atoms with Gasteiger partial charge in [-0.05, 0) is 25.0 Å². The molecule has 3 N–H and O–H groups in total. The summed E-state index contributed by atoms with van der Waals surface area (Å²) in [6.07, 6.45) is 6.36. The first-order valence-electron chi connectivity index (χ1n) is 7.38. The van der Waals surface area contributed by atoms with E-state index in [9.17, 15) is 0 Å². The van der Waals surface area contributed by atoms with Crippen LogP contribution in [0.4, 0.5) is 11.6 Å². The smallest absolute Gasteiger partial charge is 0.137 e. The predicted octanol–water partition coefficient (Wildman–Crippen LogP) is 2.25. The number of aromatic nitrogens is 1. The van der Waals surface area contributed by atoms with Crippen molar-refractivity contribution < 1.29 is 5.11 Å². The maximum Gasteiger partial charge on any atom is 0.137 e. The molecule has 5 heteroatoms. The largest absolute Gasteiger partial charge is 0.390 e. The summed E-state index contributed by atoms with van der Waals surface area (Å²) in [5.41, 5.74) is 0.867. The van der Waals surface area contributed by atoms with Gasteiger partial charge in [0.1, 0.15) is 11.6 Å². The molecule has 5 nitrogen and oxygen atoms in total. The molecule has 1 aromatic rings. The zero-order valence-electron chi connectivity index (χ0n) is 12.2. The van der Waals surface area contributed by atoms with Gasteiger partial charge in [0.2, 0.25) is 0 Å². The summed E-state index contributed by atoms with van der Waals surface area (Å²) in [5.74, 6) is 1.63. The van der Waals surface area contributed by atoms with E-state index >= 15 is 0 Å². The summed E-state index contributed by atoms with van der Waals surface area (Å²) in [5, 5.41) is 19.9. The highest BCUT2D eigenvalue weighted by atomic mass is 16.3. The van der Waals surface area contributed by atoms with E-state index in [1.54, 1.807) is 7.05 Å². The molecule has 0 saturated carbocycles. The van der Waals surface area contributed by atoms with Gasteiger partial charge in [0, 0.05) is 25.7 Å². The second-order valence-corrected chi connectivity index (χ2v) is 5.21. The summed E-state index contributed by atoms with van der Waals surface area (Å²) in [4.78, 5) is 6.94. The Morgan fingerprint density at radius 1 is 1.25 bits per heavy atom. The van der Waals surface area contributed by atoms with Crippen LogP contribution in [0.1, 0.15) is 37.7 Å². The normalized spacial score (nSPS) is 16.4. The van der Waals surface area contributed by atoms with Gasteiger partial charge in [-0.3, -0.25) is 0 Å². The van der Waals surface area contributed by atoms with E-state index in [1.165, 1.54) is 32.1 Å². The standard InChI is InChI=1S/C15H24N4O/c1-17-15-12(13(16)11-20)7-8-14(18-15)19-9-5-3-2-4-6-10-19/h7-8,16,20H,2-6,9-11H2,1H3,(H,17,18). The van der Waals surface area contributed by atoms with Crippen LogP contribution < -0.4 is 10.2 Å². The predicted molar refractivity (Wildman–Crippen MR) is 83.0 cm³/mol. The van der Waals surface area contributed by atoms with Crippen molar-refractivity contribution >= 4 is 17.3 Å². The van der Waals surface area contributed by atoms with Crippen LogP contribution in [0, 0.1) is 5.41 Å². The van der Waals surface area contributed by atoms with E-state index < -0.39 is 0 Å². The number of pyridine rings is 1. The Morgan fingerprint density at radius 2 is 1.90 bits per heavy atom. The molecule has 1 fully saturated rings. The summed E-state index contributed by atoms with van der Waals surface area (Å²) in [6.45, 7) is 1.83. The first-order valence-corrected chi connectivity index (χ1v) is 7.38. The number of nitrogens with one attached hydrogen (secondary N) is 2. The van der Waals surface area contributed by atoms with Crippen molar-refractivity contribution in [3.63, 3.8) is 0 Å². The van der Waals surface area contributed by atoms with Gasteiger partial charge in [-0.25, -0.2) is 4.98 Å². The minimum Gasteiger partial charge on any atom is -0.390 e. The minimum atomic E-state index is -0.264. The van der Waals surface area contributed by atoms with Gasteiger partial charge >= 0.3 is 0 Å². The van der Waals surface area contributed by atoms with Gasteiger partial charge in [-0.2, -0.15) is 0 Å². The van der Waals surface area contributed by atoms with Crippen molar-refractivity contribution in [3.05, 3.63) is 17.7 Å². The van der Waals surface area contributed by atoms with Crippen LogP contribution in [-0.2, 0) is 0 Å². The first-order chi connectivity index (χ1) is 9.76. The number of aliphatic hydroxyl groups excluding tert-OH is 1. The molecule has 1 aliphatic rings. The lowest BCUT2D eigenvalue weighted by atomic mass is 10.1. The SMILES string of the molecule is CNc1nc(N2CCCCCCC2)ccc1C(=N)CO. The van der Waals surface area contributed by atoms with E-state index in [0.717, 1.165) is 18.9 Å². The van der Waals surface area contributed by atoms with E-state index in [4.69, 9.17) is 10.5 Å². The van der Waals surface area contributed by atoms with Gasteiger partial charge in [0.25, 0.3) is 0 Å². The van der Waals surface area contributed by atoms with Crippen molar-refractivity contribution in [2.75, 3.05) is 37.0 Å². The number of hydrogen-bond acceptors (Lipinski definition) is 5. The Balaban J connectivity index is 2.21. The molecule has 0 amide bonds. The highest BCUT2D eigenvalue weighted by Crippen LogP contribution is 2.22. The molecule has 0 bridgehead atoms. The van der Waals surface area contributed by atoms with Gasteiger partial charge in [-0.15, -0.1) is 0 Å². The second-order valence-electron chi connectivity index (χ2n) is 5.21. The molecule has 0 radical (unpaired) electrons. The Kier molecular flexibility index (Phi) is 5.35. The molecule has 0 aliphatic carbocycles. The van der Waals surface area contributed by atoms with Crippen LogP contribution in [-0.4, -0.2) is 42.5 Å². The number of hydrogen-bond donors (Lipinski definition) is 3. The van der Waals surface area contributed by atoms with E-state index in [0.29, 0.717) is 11.4 Å². The van der Waals surface area contributed by atoms with Gasteiger partial charge in [-0.1, -0.05) is 19.3 Å². The zero-order chi connectivity index (χ0) is 14.4. The average Bonchev–Trinajstić information content (AvgIpc) is 2.45. The van der Waals surface area contributed by atoms with Crippen LogP contribution >= 0.6 is 0 Å². The van der Waals surface area contributed by atoms with Crippen LogP contribution in [0.25, 0.3) is 0 Å². The second kappa shape index (κ2) is 7.24. The topological polar surface area (TPSA) is 72.2 Å². The fraction of sp³-hybridized carbons (Fsp3) is 0.600. The van der Waals surface area contributed by atoms with Crippen molar-refractivity contribution in [1.82, 2.24) is 4.98 Å². The van der Waals surface area contributed by atoms with Crippen molar-refractivity contribution in [2.45, 2.75) is 32.1 Å². The highest BCUT2D eigenvalue weighted by Gasteiger charge is 2.14. The molecule has 1 aromatic heterocycles. The maximum atomic E-state index is 9.10. The maximum absolute atomic E-state index is 9.10. The molecule has 1 aliphatic heterocycles. The molecular weight excluding hydrogens is 252 g/mol. The quantitative estimate of drug-likeness (QED) is 0.738. The average molecular weight is 276 g/mol. The van der Waals surface area contributed by atoms with Gasteiger partial charge in [0.05, 0.1) is 12.3 Å². The molecule has 20 heavy (non-hydrogen) atoms. The molecular formula is C15H24N4O. The summed E-state index contributed by atoms with van der Waals surface area (Å²) >= 11 is 0. The Morgan fingerprint density at radius 3 is 2.50 bits per heavy atom. The molecule has 2 heterocycles. The molecule has 0 spiro atoms. The summed E-state index contributed by atoms with van der Waals surface area (Å²) in [7, 11) is 1.80. The van der Waals surface area contributed by atoms with Crippen LogP contribution in [0.3, 0.4) is 0 Å². The fourth-order valence-electron chi connectivity index (χ4n) is 2.62. The Labute approximate surface area is 120 Å². The summed E-state index contributed by atoms with van der Waals surface area (Å²) in [6, 6.07) is 3.84. The lowest BCUT2D eigenvalue weighted by Crippen LogP contribution is -2.28. The Hall–Kier alpha value is -1.62. The minimum absolute atomic E-state index is 0.195. The van der Waals surface area contributed by atoms with E-state index in [1.807, 2.05) is 12.1 Å². The third-order valence-corrected chi connectivity index (χ3v) is 3.78. The Bertz CT molecular complexity index is 453. The van der Waals surface area contributed by atoms with E-state index in [2.05, 4.69) is 15.2 Å². The van der Waals surface area contributed by atoms with Crippen molar-refractivity contribution in [2.24, 2.45) is 0 Å². The molecule has 0 atom stereocenters. The lowest BCUT2D eigenvalue weighted by Gasteiger charge is -2.26. The molecule has 0 unspecified atom stereocenters. The zero-order valence-corrected chi connectivity index (χ0v) is 12.2. The first kappa shape index (κ1) is 14.8.